The molecule has 0 bridgehead atoms. The van der Waals surface area contributed by atoms with Crippen LogP contribution < -0.4 is 19.9 Å². The van der Waals surface area contributed by atoms with E-state index in [-0.39, 0.29) is 30.5 Å². The summed E-state index contributed by atoms with van der Waals surface area (Å²) >= 11 is 0.914. The van der Waals surface area contributed by atoms with E-state index in [1.54, 1.807) is 42.5 Å². The summed E-state index contributed by atoms with van der Waals surface area (Å²) in [7, 11) is -3.92. The predicted molar refractivity (Wildman–Crippen MR) is 143 cm³/mol. The lowest BCUT2D eigenvalue weighted by Gasteiger charge is -2.15. The molecular formula is C24H25FN6O8S2. The number of carboxylic acid groups (broad SMARTS) is 1. The fourth-order valence-corrected chi connectivity index (χ4v) is 5.20. The summed E-state index contributed by atoms with van der Waals surface area (Å²) in [5.74, 6) is -1.03. The maximum atomic E-state index is 12.5. The number of hydrogen-bond donors (Lipinski definition) is 4. The normalized spacial score (nSPS) is 13.0. The van der Waals surface area contributed by atoms with Crippen molar-refractivity contribution >= 4 is 43.5 Å². The molecule has 0 aliphatic rings. The summed E-state index contributed by atoms with van der Waals surface area (Å²) in [4.78, 5) is 28.2. The second kappa shape index (κ2) is 13.0. The number of carbonyl (C=O) groups excluding carboxylic acids is 1. The first-order chi connectivity index (χ1) is 19.5. The summed E-state index contributed by atoms with van der Waals surface area (Å²) in [6.45, 7) is -1.44. The van der Waals surface area contributed by atoms with E-state index in [4.69, 9.17) is 14.6 Å². The van der Waals surface area contributed by atoms with Crippen molar-refractivity contribution in [3.05, 3.63) is 59.9 Å². The lowest BCUT2D eigenvalue weighted by molar-refractivity contribution is -0.141. The number of fused-ring (bicyclic) bond motifs is 1. The first kappa shape index (κ1) is 29.8. The van der Waals surface area contributed by atoms with Crippen LogP contribution in [0.5, 0.6) is 11.5 Å². The van der Waals surface area contributed by atoms with Crippen LogP contribution in [0.4, 0.5) is 4.39 Å². The molecule has 2 aromatic heterocycles. The maximum absolute atomic E-state index is 12.5. The molecule has 2 heterocycles. The summed E-state index contributed by atoms with van der Waals surface area (Å²) < 4.78 is 47.9. The van der Waals surface area contributed by atoms with Crippen molar-refractivity contribution in [2.45, 2.75) is 36.1 Å². The number of alkyl halides is 1. The van der Waals surface area contributed by atoms with E-state index in [0.29, 0.717) is 33.0 Å². The summed E-state index contributed by atoms with van der Waals surface area (Å²) in [6.07, 6.45) is 0.232. The topological polar surface area (TPSA) is 209 Å². The molecular weight excluding hydrogens is 583 g/mol. The van der Waals surface area contributed by atoms with Crippen LogP contribution in [-0.4, -0.2) is 75.9 Å². The largest absolute Gasteiger partial charge is 0.491 e. The van der Waals surface area contributed by atoms with Gasteiger partial charge in [0.2, 0.25) is 10.2 Å². The average molecular weight is 609 g/mol. The van der Waals surface area contributed by atoms with Gasteiger partial charge in [0.15, 0.2) is 0 Å². The number of primary sulfonamides is 1. The lowest BCUT2D eigenvalue weighted by atomic mass is 10.1. The van der Waals surface area contributed by atoms with E-state index in [9.17, 15) is 32.6 Å². The van der Waals surface area contributed by atoms with Gasteiger partial charge in [0, 0.05) is 6.42 Å². The Labute approximate surface area is 236 Å². The number of nitrogens with zero attached hydrogens (tertiary/aromatic N) is 4. The van der Waals surface area contributed by atoms with Gasteiger partial charge < -0.3 is 25.0 Å². The Morgan fingerprint density at radius 3 is 2.56 bits per heavy atom. The van der Waals surface area contributed by atoms with Gasteiger partial charge in [0.1, 0.15) is 55.8 Å². The number of sulfonamides is 1. The molecule has 5 N–H and O–H groups in total. The van der Waals surface area contributed by atoms with Gasteiger partial charge in [-0.3, -0.25) is 4.79 Å². The van der Waals surface area contributed by atoms with Gasteiger partial charge in [-0.1, -0.05) is 17.3 Å². The number of aliphatic hydroxyl groups is 1. The Kier molecular flexibility index (Phi) is 9.43. The van der Waals surface area contributed by atoms with Crippen LogP contribution in [0, 0.1) is 0 Å². The van der Waals surface area contributed by atoms with Gasteiger partial charge in [-0.25, -0.2) is 32.4 Å². The number of halogens is 1. The fraction of sp³-hybridized carbons (Fsp3) is 0.292. The van der Waals surface area contributed by atoms with E-state index in [1.807, 2.05) is 0 Å². The van der Waals surface area contributed by atoms with E-state index >= 15 is 0 Å². The third kappa shape index (κ3) is 8.40. The highest BCUT2D eigenvalue weighted by Crippen LogP contribution is 2.28. The molecule has 4 aromatic rings. The number of nitrogens with one attached hydrogen (secondary N) is 1. The van der Waals surface area contributed by atoms with Gasteiger partial charge >= 0.3 is 5.97 Å². The second-order valence-electron chi connectivity index (χ2n) is 8.78. The first-order valence-corrected chi connectivity index (χ1v) is 14.3. The SMILES string of the molecule is NS(=O)(=O)c1nc2ccc(OCc3cn(CC(=O)N[C@@H](Cc4ccc(OCC(O)CF)cc4)C(=O)O)nn3)cc2s1. The molecule has 0 aliphatic carbocycles. The third-order valence-corrected chi connectivity index (χ3v) is 7.82. The first-order valence-electron chi connectivity index (χ1n) is 11.9. The number of thiazole rings is 1. The molecule has 218 valence electrons. The van der Waals surface area contributed by atoms with Gasteiger partial charge in [-0.2, -0.15) is 0 Å². The number of carbonyl (C=O) groups is 2. The van der Waals surface area contributed by atoms with Gasteiger partial charge in [-0.15, -0.1) is 16.4 Å². The van der Waals surface area contributed by atoms with Gasteiger partial charge in [-0.05, 0) is 35.9 Å². The number of aliphatic carboxylic acids is 1. The van der Waals surface area contributed by atoms with Crippen molar-refractivity contribution in [3.8, 4) is 11.5 Å². The maximum Gasteiger partial charge on any atom is 0.326 e. The Morgan fingerprint density at radius 2 is 1.88 bits per heavy atom. The standard InChI is InChI=1S/C24H25FN6O8S2/c25-9-16(32)13-39-17-3-1-14(2-4-17)7-20(23(34)35)27-22(33)11-31-10-15(29-30-31)12-38-18-5-6-19-21(8-18)40-24(28-19)41(26,36)37/h1-6,8,10,16,20,32H,7,9,11-13H2,(H,27,33)(H,34,35)(H2,26,36,37)/t16?,20-/m0/s1. The van der Waals surface area contributed by atoms with E-state index in [1.165, 1.54) is 10.9 Å². The number of benzene rings is 2. The predicted octanol–water partition coefficient (Wildman–Crippen LogP) is 0.636. The number of amides is 1. The average Bonchev–Trinajstić information content (AvgIpc) is 3.57. The van der Waals surface area contributed by atoms with Crippen LogP contribution in [0.15, 0.2) is 53.0 Å². The number of ether oxygens (including phenoxy) is 2. The molecule has 0 radical (unpaired) electrons. The number of nitrogens with two attached hydrogens (primary N) is 1. The van der Waals surface area contributed by atoms with Crippen LogP contribution >= 0.6 is 11.3 Å². The molecule has 2 aromatic carbocycles. The quantitative estimate of drug-likeness (QED) is 0.156. The number of rotatable bonds is 14. The highest BCUT2D eigenvalue weighted by Gasteiger charge is 2.21. The van der Waals surface area contributed by atoms with E-state index < -0.39 is 40.7 Å². The zero-order valence-electron chi connectivity index (χ0n) is 21.2. The van der Waals surface area contributed by atoms with Crippen molar-refractivity contribution in [2.75, 3.05) is 13.3 Å². The third-order valence-electron chi connectivity index (χ3n) is 5.48. The smallest absolute Gasteiger partial charge is 0.326 e. The highest BCUT2D eigenvalue weighted by atomic mass is 32.2. The zero-order valence-corrected chi connectivity index (χ0v) is 22.8. The van der Waals surface area contributed by atoms with Crippen molar-refractivity contribution in [3.63, 3.8) is 0 Å². The van der Waals surface area contributed by atoms with Crippen LogP contribution in [0.3, 0.4) is 0 Å². The minimum Gasteiger partial charge on any atom is -0.491 e. The Hall–Kier alpha value is -4.19. The summed E-state index contributed by atoms with van der Waals surface area (Å²) in [5, 5.41) is 34.2. The van der Waals surface area contributed by atoms with E-state index in [2.05, 4.69) is 20.6 Å². The number of hydrogen-bond acceptors (Lipinski definition) is 11. The minimum absolute atomic E-state index is 0.00181. The van der Waals surface area contributed by atoms with Crippen molar-refractivity contribution in [1.29, 1.82) is 0 Å². The summed E-state index contributed by atoms with van der Waals surface area (Å²) in [6, 6.07) is 9.92. The van der Waals surface area contributed by atoms with Crippen molar-refractivity contribution < 1.29 is 42.1 Å². The number of carboxylic acids is 1. The number of aromatic nitrogens is 4. The van der Waals surface area contributed by atoms with Crippen LogP contribution in [0.2, 0.25) is 0 Å². The van der Waals surface area contributed by atoms with Crippen LogP contribution in [-0.2, 0) is 39.2 Å². The molecule has 0 saturated carbocycles. The van der Waals surface area contributed by atoms with Crippen molar-refractivity contribution in [2.24, 2.45) is 5.14 Å². The highest BCUT2D eigenvalue weighted by molar-refractivity contribution is 7.91. The molecule has 4 rings (SSSR count). The Morgan fingerprint density at radius 1 is 1.15 bits per heavy atom. The lowest BCUT2D eigenvalue weighted by Crippen LogP contribution is -2.43. The second-order valence-corrected chi connectivity index (χ2v) is 11.5. The Bertz CT molecular complexity index is 1630. The molecule has 41 heavy (non-hydrogen) atoms. The molecule has 0 spiro atoms. The molecule has 14 nitrogen and oxygen atoms in total. The molecule has 17 heteroatoms. The molecule has 2 atom stereocenters. The Balaban J connectivity index is 1.28. The van der Waals surface area contributed by atoms with Crippen LogP contribution in [0.1, 0.15) is 11.3 Å². The molecule has 1 amide bonds. The van der Waals surface area contributed by atoms with Crippen molar-refractivity contribution in [1.82, 2.24) is 25.3 Å². The zero-order chi connectivity index (χ0) is 29.6. The monoisotopic (exact) mass is 608 g/mol. The van der Waals surface area contributed by atoms with Gasteiger partial charge in [0.25, 0.3) is 10.0 Å². The minimum atomic E-state index is -3.92. The van der Waals surface area contributed by atoms with Gasteiger partial charge in [0.05, 0.1) is 16.4 Å². The number of aliphatic hydroxyl groups excluding tert-OH is 1. The molecule has 0 saturated heterocycles. The van der Waals surface area contributed by atoms with E-state index in [0.717, 1.165) is 11.3 Å². The summed E-state index contributed by atoms with van der Waals surface area (Å²) in [5.41, 5.74) is 1.46. The fourth-order valence-electron chi connectivity index (χ4n) is 3.52. The van der Waals surface area contributed by atoms with Crippen LogP contribution in [0.25, 0.3) is 10.2 Å². The molecule has 0 fully saturated rings. The molecule has 0 aliphatic heterocycles. The molecule has 1 unspecified atom stereocenters.